The first-order chi connectivity index (χ1) is 19.5. The minimum Gasteiger partial charge on any atom is -0.462 e. The summed E-state index contributed by atoms with van der Waals surface area (Å²) in [5, 5.41) is -1.81. The number of fused-ring (bicyclic) bond motifs is 2. The van der Waals surface area contributed by atoms with Crippen LogP contribution >= 0.6 is 0 Å². The Hall–Kier alpha value is -3.86. The number of β-lactam (4-membered cyclic amide) rings is 1. The zero-order valence-electron chi connectivity index (χ0n) is 22.5. The molecule has 1 unspecified atom stereocenters. The molecule has 3 aliphatic heterocycles. The predicted octanol–water partition coefficient (Wildman–Crippen LogP) is 0.354. The number of rotatable bonds is 7. The fourth-order valence-corrected chi connectivity index (χ4v) is 8.95. The van der Waals surface area contributed by atoms with Gasteiger partial charge in [-0.2, -0.15) is 8.42 Å². The van der Waals surface area contributed by atoms with Crippen LogP contribution in [0.3, 0.4) is 0 Å². The number of ether oxygens (including phenoxy) is 3. The number of carbonyl (C=O) groups excluding carboxylic acids is 4. The maximum atomic E-state index is 14.1. The van der Waals surface area contributed by atoms with E-state index >= 15 is 0 Å². The summed E-state index contributed by atoms with van der Waals surface area (Å²) in [6, 6.07) is 9.65. The average Bonchev–Trinajstić information content (AvgIpc) is 3.28. The molecule has 5 rings (SSSR count). The van der Waals surface area contributed by atoms with Gasteiger partial charge in [-0.1, -0.05) is 35.9 Å². The third-order valence-corrected chi connectivity index (χ3v) is 11.9. The number of cyclic esters (lactones) is 1. The molecule has 0 saturated carbocycles. The highest BCUT2D eigenvalue weighted by Crippen LogP contribution is 2.58. The van der Waals surface area contributed by atoms with Crippen molar-refractivity contribution in [3.8, 4) is 0 Å². The monoisotopic (exact) mass is 622 g/mol. The molecule has 224 valence electrons. The van der Waals surface area contributed by atoms with E-state index in [0.29, 0.717) is 10.5 Å². The van der Waals surface area contributed by atoms with Crippen LogP contribution in [0.1, 0.15) is 53.1 Å². The molecular formula is C26H26N2O12S2. The van der Waals surface area contributed by atoms with Gasteiger partial charge in [-0.3, -0.25) is 14.1 Å². The number of amides is 1. The summed E-state index contributed by atoms with van der Waals surface area (Å²) >= 11 is 0. The minimum absolute atomic E-state index is 0.104. The molecule has 1 amide bonds. The van der Waals surface area contributed by atoms with Crippen LogP contribution in [0.4, 0.5) is 0 Å². The summed E-state index contributed by atoms with van der Waals surface area (Å²) in [5.74, 6) is -5.83. The lowest BCUT2D eigenvalue weighted by atomic mass is 9.78. The number of sulfone groups is 1. The van der Waals surface area contributed by atoms with E-state index in [9.17, 15) is 40.6 Å². The lowest BCUT2D eigenvalue weighted by Gasteiger charge is -2.49. The lowest BCUT2D eigenvalue weighted by molar-refractivity contribution is -0.197. The number of hydrogen-bond donors (Lipinski definition) is 2. The molecule has 0 spiro atoms. The molecular weight excluding hydrogens is 596 g/mol. The van der Waals surface area contributed by atoms with E-state index in [2.05, 4.69) is 0 Å². The van der Waals surface area contributed by atoms with Crippen LogP contribution in [0.25, 0.3) is 0 Å². The van der Waals surface area contributed by atoms with E-state index in [1.54, 1.807) is 19.1 Å². The second kappa shape index (κ2) is 9.58. The molecule has 0 bridgehead atoms. The van der Waals surface area contributed by atoms with Gasteiger partial charge in [-0.05, 0) is 38.5 Å². The molecule has 4 atom stereocenters. The zero-order chi connectivity index (χ0) is 31.0. The number of nitrogens with zero attached hydrogens (tertiary/aromatic N) is 1. The van der Waals surface area contributed by atoms with Crippen LogP contribution in [0, 0.1) is 6.92 Å². The fraction of sp³-hybridized carbons (Fsp3) is 0.385. The van der Waals surface area contributed by atoms with Crippen molar-refractivity contribution in [1.29, 1.82) is 0 Å². The Balaban J connectivity index is 1.65. The molecule has 42 heavy (non-hydrogen) atoms. The first kappa shape index (κ1) is 29.6. The van der Waals surface area contributed by atoms with Crippen LogP contribution in [0.2, 0.25) is 0 Å². The number of esters is 3. The molecule has 2 aromatic rings. The first-order valence-electron chi connectivity index (χ1n) is 12.5. The Morgan fingerprint density at radius 3 is 2.43 bits per heavy atom. The number of benzene rings is 2. The van der Waals surface area contributed by atoms with Crippen molar-refractivity contribution in [3.63, 3.8) is 0 Å². The van der Waals surface area contributed by atoms with Gasteiger partial charge in [0.25, 0.3) is 16.4 Å². The normalized spacial score (nSPS) is 27.0. The summed E-state index contributed by atoms with van der Waals surface area (Å²) in [6.45, 7) is 2.21. The van der Waals surface area contributed by atoms with Crippen LogP contribution in [0.15, 0.2) is 47.4 Å². The number of carbonyl (C=O) groups is 4. The van der Waals surface area contributed by atoms with E-state index in [0.717, 1.165) is 19.9 Å². The lowest BCUT2D eigenvalue weighted by Crippen LogP contribution is -2.72. The Bertz CT molecular complexity index is 1770. The molecule has 0 radical (unpaired) electrons. The van der Waals surface area contributed by atoms with Gasteiger partial charge in [0.1, 0.15) is 11.4 Å². The SMILES string of the molecule is Cc1ccc(S(=O)(=O)O)c([C@@H]2C(=O)N3[C@@H]2S(=O)(=O)C(C)(C)[C@]3(COC(=O)CN)C(=O)OC2OC(=O)c3ccccc32)c1. The molecule has 3 aliphatic rings. The third kappa shape index (κ3) is 3.96. The van der Waals surface area contributed by atoms with E-state index in [1.807, 2.05) is 0 Å². The molecule has 0 aromatic heterocycles. The Morgan fingerprint density at radius 1 is 1.12 bits per heavy atom. The van der Waals surface area contributed by atoms with Crippen molar-refractivity contribution in [2.24, 2.45) is 5.73 Å². The van der Waals surface area contributed by atoms with Gasteiger partial charge in [0.2, 0.25) is 5.91 Å². The second-order valence-electron chi connectivity index (χ2n) is 10.6. The maximum absolute atomic E-state index is 14.1. The molecule has 16 heteroatoms. The van der Waals surface area contributed by atoms with Crippen LogP contribution in [-0.4, -0.2) is 78.9 Å². The second-order valence-corrected chi connectivity index (χ2v) is 14.6. The fourth-order valence-electron chi connectivity index (χ4n) is 5.73. The summed E-state index contributed by atoms with van der Waals surface area (Å²) in [7, 11) is -9.48. The number of hydrogen-bond acceptors (Lipinski definition) is 12. The summed E-state index contributed by atoms with van der Waals surface area (Å²) in [6.07, 6.45) is -1.60. The Morgan fingerprint density at radius 2 is 1.79 bits per heavy atom. The summed E-state index contributed by atoms with van der Waals surface area (Å²) < 4.78 is 76.0. The Labute approximate surface area is 240 Å². The minimum atomic E-state index is -4.90. The molecule has 3 heterocycles. The summed E-state index contributed by atoms with van der Waals surface area (Å²) in [5.41, 5.74) is 3.28. The molecule has 14 nitrogen and oxygen atoms in total. The van der Waals surface area contributed by atoms with Crippen LogP contribution in [-0.2, 0) is 48.5 Å². The largest absolute Gasteiger partial charge is 0.462 e. The molecule has 0 aliphatic carbocycles. The first-order valence-corrected chi connectivity index (χ1v) is 15.5. The van der Waals surface area contributed by atoms with E-state index in [-0.39, 0.29) is 16.7 Å². The number of aryl methyl sites for hydroxylation is 1. The van der Waals surface area contributed by atoms with Crippen molar-refractivity contribution < 1.29 is 54.8 Å². The van der Waals surface area contributed by atoms with Crippen molar-refractivity contribution in [3.05, 3.63) is 64.7 Å². The summed E-state index contributed by atoms with van der Waals surface area (Å²) in [4.78, 5) is 52.4. The highest BCUT2D eigenvalue weighted by molar-refractivity contribution is 7.94. The van der Waals surface area contributed by atoms with Gasteiger partial charge < -0.3 is 24.8 Å². The zero-order valence-corrected chi connectivity index (χ0v) is 24.1. The highest BCUT2D eigenvalue weighted by Gasteiger charge is 2.81. The standard InChI is InChI=1S/C26H26N2O12S2/c1-13-8-9-17(42(35,36)37)16(10-13)19-20(30)28-21(19)41(33,34)25(2,3)26(28,12-38-18(29)11-27)24(32)40-23-15-7-5-4-6-14(15)22(31)39-23/h4-10,19,21,23H,11-12,27H2,1-3H3,(H,35,36,37)/t19-,21-,23?,26+/m1/s1. The number of nitrogens with two attached hydrogens (primary N) is 1. The topological polar surface area (TPSA) is 214 Å². The van der Waals surface area contributed by atoms with Gasteiger partial charge in [0.15, 0.2) is 20.8 Å². The Kier molecular flexibility index (Phi) is 6.76. The van der Waals surface area contributed by atoms with E-state index < -0.39 is 89.7 Å². The highest BCUT2D eigenvalue weighted by atomic mass is 32.2. The molecule has 2 saturated heterocycles. The van der Waals surface area contributed by atoms with Crippen LogP contribution < -0.4 is 5.73 Å². The van der Waals surface area contributed by atoms with Crippen molar-refractivity contribution in [2.75, 3.05) is 13.2 Å². The molecule has 3 N–H and O–H groups in total. The van der Waals surface area contributed by atoms with Crippen molar-refractivity contribution in [1.82, 2.24) is 4.90 Å². The third-order valence-electron chi connectivity index (χ3n) is 8.07. The van der Waals surface area contributed by atoms with Gasteiger partial charge in [-0.25, -0.2) is 18.0 Å². The quantitative estimate of drug-likeness (QED) is 0.243. The smallest absolute Gasteiger partial charge is 0.342 e. The van der Waals surface area contributed by atoms with Gasteiger partial charge >= 0.3 is 17.9 Å². The maximum Gasteiger partial charge on any atom is 0.342 e. The van der Waals surface area contributed by atoms with Gasteiger partial charge in [0, 0.05) is 5.56 Å². The van der Waals surface area contributed by atoms with Crippen LogP contribution in [0.5, 0.6) is 0 Å². The van der Waals surface area contributed by atoms with Crippen molar-refractivity contribution in [2.45, 2.75) is 53.5 Å². The van der Waals surface area contributed by atoms with Gasteiger partial charge in [0.05, 0.1) is 22.9 Å². The van der Waals surface area contributed by atoms with E-state index in [1.165, 1.54) is 24.3 Å². The van der Waals surface area contributed by atoms with Crippen molar-refractivity contribution >= 4 is 43.8 Å². The molecule has 2 aromatic carbocycles. The van der Waals surface area contributed by atoms with Gasteiger partial charge in [-0.15, -0.1) is 0 Å². The predicted molar refractivity (Wildman–Crippen MR) is 141 cm³/mol. The average molecular weight is 623 g/mol. The van der Waals surface area contributed by atoms with E-state index in [4.69, 9.17) is 19.9 Å². The molecule has 2 fully saturated rings.